The molecule has 5 rings (SSSR count). The summed E-state index contributed by atoms with van der Waals surface area (Å²) in [5.74, 6) is 1.82. The maximum absolute atomic E-state index is 5.09. The Morgan fingerprint density at radius 3 is 2.82 bits per heavy atom. The average molecular weight is 447 g/mol. The summed E-state index contributed by atoms with van der Waals surface area (Å²) in [7, 11) is 2.21. The fourth-order valence-corrected chi connectivity index (χ4v) is 5.50. The molecule has 2 unspecified atom stereocenters. The molecule has 0 spiro atoms. The Morgan fingerprint density at radius 2 is 2.00 bits per heavy atom. The highest BCUT2D eigenvalue weighted by Gasteiger charge is 2.26. The summed E-state index contributed by atoms with van der Waals surface area (Å²) in [5, 5.41) is 0. The van der Waals surface area contributed by atoms with Gasteiger partial charge >= 0.3 is 0 Å². The minimum atomic E-state index is 0.362. The van der Waals surface area contributed by atoms with Crippen LogP contribution in [-0.2, 0) is 13.0 Å². The molecular formula is C27H38N6. The predicted molar refractivity (Wildman–Crippen MR) is 136 cm³/mol. The summed E-state index contributed by atoms with van der Waals surface area (Å²) in [5.41, 5.74) is 6.17. The lowest BCUT2D eigenvalue weighted by atomic mass is 9.91. The lowest BCUT2D eigenvalue weighted by molar-refractivity contribution is 0.204. The first-order chi connectivity index (χ1) is 16.1. The molecule has 1 saturated heterocycles. The van der Waals surface area contributed by atoms with E-state index in [1.54, 1.807) is 0 Å². The Morgan fingerprint density at radius 1 is 1.15 bits per heavy atom. The van der Waals surface area contributed by atoms with E-state index in [1.165, 1.54) is 36.3 Å². The first kappa shape index (κ1) is 22.4. The number of aromatic nitrogens is 3. The minimum absolute atomic E-state index is 0.362. The van der Waals surface area contributed by atoms with Crippen LogP contribution in [-0.4, -0.2) is 64.5 Å². The summed E-state index contributed by atoms with van der Waals surface area (Å²) in [6, 6.07) is 11.2. The van der Waals surface area contributed by atoms with Crippen LogP contribution in [0.3, 0.4) is 0 Å². The number of H-pyrrole nitrogens is 1. The van der Waals surface area contributed by atoms with Crippen molar-refractivity contribution in [1.29, 1.82) is 0 Å². The Kier molecular flexibility index (Phi) is 6.65. The number of nitrogens with one attached hydrogen (secondary N) is 1. The molecule has 6 heteroatoms. The van der Waals surface area contributed by atoms with E-state index in [2.05, 4.69) is 70.9 Å². The minimum Gasteiger partial charge on any atom is -0.367 e. The maximum Gasteiger partial charge on any atom is 0.121 e. The van der Waals surface area contributed by atoms with Gasteiger partial charge in [0.05, 0.1) is 29.5 Å². The number of nitrogens with zero attached hydrogens (tertiary/aromatic N) is 5. The molecule has 0 amide bonds. The molecule has 1 fully saturated rings. The molecule has 0 saturated carbocycles. The van der Waals surface area contributed by atoms with Crippen molar-refractivity contribution >= 4 is 16.7 Å². The fourth-order valence-electron chi connectivity index (χ4n) is 5.50. The van der Waals surface area contributed by atoms with Gasteiger partial charge in [-0.05, 0) is 56.0 Å². The molecular weight excluding hydrogens is 408 g/mol. The van der Waals surface area contributed by atoms with Gasteiger partial charge in [0.15, 0.2) is 0 Å². The smallest absolute Gasteiger partial charge is 0.121 e. The van der Waals surface area contributed by atoms with E-state index in [9.17, 15) is 0 Å². The summed E-state index contributed by atoms with van der Waals surface area (Å²) < 4.78 is 0. The maximum atomic E-state index is 5.09. The molecule has 6 nitrogen and oxygen atoms in total. The molecule has 176 valence electrons. The zero-order chi connectivity index (χ0) is 22.8. The Bertz CT molecular complexity index is 1070. The van der Waals surface area contributed by atoms with Gasteiger partial charge in [0.25, 0.3) is 0 Å². The Hall–Kier alpha value is -2.44. The van der Waals surface area contributed by atoms with Crippen molar-refractivity contribution in [3.63, 3.8) is 0 Å². The van der Waals surface area contributed by atoms with E-state index in [0.29, 0.717) is 6.04 Å². The number of rotatable bonds is 7. The first-order valence-corrected chi connectivity index (χ1v) is 12.7. The number of benzene rings is 1. The number of fused-ring (bicyclic) bond motifs is 2. The topological polar surface area (TPSA) is 51.3 Å². The van der Waals surface area contributed by atoms with Crippen molar-refractivity contribution in [1.82, 2.24) is 24.8 Å². The fraction of sp³-hybridized carbons (Fsp3) is 0.556. The molecule has 2 atom stereocenters. The molecule has 1 N–H and O–H groups in total. The molecule has 0 radical (unpaired) electrons. The van der Waals surface area contributed by atoms with E-state index >= 15 is 0 Å². The summed E-state index contributed by atoms with van der Waals surface area (Å²) >= 11 is 0. The highest BCUT2D eigenvalue weighted by atomic mass is 15.3. The quantitative estimate of drug-likeness (QED) is 0.573. The highest BCUT2D eigenvalue weighted by molar-refractivity contribution is 5.89. The third kappa shape index (κ3) is 4.78. The number of aromatic amines is 1. The van der Waals surface area contributed by atoms with Gasteiger partial charge < -0.3 is 9.88 Å². The first-order valence-electron chi connectivity index (χ1n) is 12.7. The molecule has 0 bridgehead atoms. The van der Waals surface area contributed by atoms with Crippen molar-refractivity contribution in [2.75, 3.05) is 44.7 Å². The average Bonchev–Trinajstić information content (AvgIpc) is 3.26. The normalized spacial score (nSPS) is 20.4. The summed E-state index contributed by atoms with van der Waals surface area (Å²) in [4.78, 5) is 21.0. The van der Waals surface area contributed by atoms with E-state index < -0.39 is 0 Å². The third-order valence-electron chi connectivity index (χ3n) is 7.62. The molecule has 3 aromatic rings. The zero-order valence-corrected chi connectivity index (χ0v) is 20.4. The largest absolute Gasteiger partial charge is 0.367 e. The number of para-hydroxylation sites is 1. The molecule has 1 aliphatic heterocycles. The van der Waals surface area contributed by atoms with Crippen LogP contribution in [0.25, 0.3) is 11.0 Å². The summed E-state index contributed by atoms with van der Waals surface area (Å²) in [6.45, 7) is 11.1. The predicted octanol–water partition coefficient (Wildman–Crippen LogP) is 4.64. The van der Waals surface area contributed by atoms with E-state index in [0.717, 1.165) is 68.3 Å². The molecule has 1 aliphatic carbocycles. The molecule has 3 heterocycles. The van der Waals surface area contributed by atoms with E-state index in [-0.39, 0.29) is 0 Å². The van der Waals surface area contributed by atoms with Gasteiger partial charge in [-0.25, -0.2) is 4.98 Å². The molecule has 2 aromatic heterocycles. The van der Waals surface area contributed by atoms with Gasteiger partial charge in [0, 0.05) is 38.9 Å². The second-order valence-electron chi connectivity index (χ2n) is 10.0. The van der Waals surface area contributed by atoms with Crippen molar-refractivity contribution < 1.29 is 0 Å². The van der Waals surface area contributed by atoms with Crippen LogP contribution >= 0.6 is 0 Å². The van der Waals surface area contributed by atoms with Gasteiger partial charge in [-0.1, -0.05) is 32.4 Å². The van der Waals surface area contributed by atoms with Crippen LogP contribution < -0.4 is 4.90 Å². The molecule has 2 aliphatic rings. The number of aryl methyl sites for hydroxylation is 1. The van der Waals surface area contributed by atoms with Crippen LogP contribution in [0.1, 0.15) is 56.2 Å². The van der Waals surface area contributed by atoms with E-state index in [4.69, 9.17) is 9.97 Å². The number of hydrogen-bond acceptors (Lipinski definition) is 5. The van der Waals surface area contributed by atoms with Crippen molar-refractivity contribution in [2.45, 2.75) is 52.1 Å². The van der Waals surface area contributed by atoms with Crippen LogP contribution in [0.15, 0.2) is 36.5 Å². The van der Waals surface area contributed by atoms with Crippen LogP contribution in [0.5, 0.6) is 0 Å². The van der Waals surface area contributed by atoms with Crippen LogP contribution in [0.4, 0.5) is 5.69 Å². The van der Waals surface area contributed by atoms with Crippen LogP contribution in [0.2, 0.25) is 0 Å². The number of anilines is 1. The van der Waals surface area contributed by atoms with Crippen molar-refractivity contribution in [3.8, 4) is 0 Å². The lowest BCUT2D eigenvalue weighted by Crippen LogP contribution is -2.47. The van der Waals surface area contributed by atoms with Gasteiger partial charge in [0.1, 0.15) is 11.3 Å². The van der Waals surface area contributed by atoms with Gasteiger partial charge in [-0.15, -0.1) is 0 Å². The monoisotopic (exact) mass is 446 g/mol. The molecule has 33 heavy (non-hydrogen) atoms. The summed E-state index contributed by atoms with van der Waals surface area (Å²) in [6.07, 6.45) is 6.72. The number of imidazole rings is 1. The Labute approximate surface area is 198 Å². The highest BCUT2D eigenvalue weighted by Crippen LogP contribution is 2.33. The lowest BCUT2D eigenvalue weighted by Gasteiger charge is -2.37. The van der Waals surface area contributed by atoms with Crippen molar-refractivity contribution in [3.05, 3.63) is 53.6 Å². The molecule has 1 aromatic carbocycles. The number of hydrogen-bond donors (Lipinski definition) is 1. The second-order valence-corrected chi connectivity index (χ2v) is 10.0. The number of piperazine rings is 1. The van der Waals surface area contributed by atoms with Crippen molar-refractivity contribution in [2.24, 2.45) is 5.92 Å². The van der Waals surface area contributed by atoms with Crippen LogP contribution in [0, 0.1) is 5.92 Å². The third-order valence-corrected chi connectivity index (χ3v) is 7.62. The van der Waals surface area contributed by atoms with E-state index in [1.807, 2.05) is 6.20 Å². The van der Waals surface area contributed by atoms with Gasteiger partial charge in [-0.2, -0.15) is 0 Å². The van der Waals surface area contributed by atoms with Gasteiger partial charge in [-0.3, -0.25) is 14.8 Å². The SMILES string of the molecule is CCC(C)CN1CCN(c2cccc3[nH]c(CN(C)C4CCCc5cccnc54)nc23)CC1. The zero-order valence-electron chi connectivity index (χ0n) is 20.4. The number of pyridine rings is 1. The second kappa shape index (κ2) is 9.82. The van der Waals surface area contributed by atoms with Gasteiger partial charge in [0.2, 0.25) is 0 Å². The Balaban J connectivity index is 1.30. The standard InChI is InChI=1S/C27H38N6/c1-4-20(2)18-32-14-16-33(17-15-32)24-12-6-10-22-27(24)30-25(29-22)19-31(3)23-11-5-8-21-9-7-13-28-26(21)23/h6-7,9-10,12-13,20,23H,4-5,8,11,14-19H2,1-3H3,(H,29,30).